The minimum atomic E-state index is -0.352. The summed E-state index contributed by atoms with van der Waals surface area (Å²) in [7, 11) is 0. The molecule has 1 heteroatoms. The molecule has 0 aliphatic rings. The molecule has 0 fully saturated rings. The molecule has 1 nitrogen and oxygen atoms in total. The van der Waals surface area contributed by atoms with Crippen molar-refractivity contribution in [2.45, 2.75) is 90.6 Å². The predicted octanol–water partition coefficient (Wildman–Crippen LogP) is 6.90. The average molecular weight is 310 g/mol. The summed E-state index contributed by atoms with van der Waals surface area (Å²) in [6.45, 7) is 2.90. The van der Waals surface area contributed by atoms with Gasteiger partial charge in [0.05, 0.1) is 13.5 Å². The fraction of sp³-hybridized carbons (Fsp3) is 0.714. The minimum absolute atomic E-state index is 0.0771. The third-order valence-electron chi connectivity index (χ3n) is 3.94. The van der Waals surface area contributed by atoms with Crippen LogP contribution in [0.15, 0.2) is 30.2 Å². The van der Waals surface area contributed by atoms with E-state index in [1.807, 2.05) is 0 Å². The number of ether oxygens (including phenoxy) is 1. The third kappa shape index (κ3) is 11.8. The first-order valence-corrected chi connectivity index (χ1v) is 9.14. The second-order valence-electron chi connectivity index (χ2n) is 6.05. The second kappa shape index (κ2) is 15.1. The molecule has 22 heavy (non-hydrogen) atoms. The first-order chi connectivity index (χ1) is 13.0. The van der Waals surface area contributed by atoms with Gasteiger partial charge >= 0.3 is 0 Å². The van der Waals surface area contributed by atoms with Gasteiger partial charge < -0.3 is 4.74 Å². The van der Waals surface area contributed by atoms with E-state index in [2.05, 4.69) is 6.92 Å². The molecule has 0 unspecified atom stereocenters. The van der Waals surface area contributed by atoms with Gasteiger partial charge in [-0.2, -0.15) is 0 Å². The van der Waals surface area contributed by atoms with Crippen molar-refractivity contribution in [3.63, 3.8) is 0 Å². The highest BCUT2D eigenvalue weighted by molar-refractivity contribution is 5.13. The van der Waals surface area contributed by atoms with Crippen molar-refractivity contribution in [3.8, 4) is 0 Å². The van der Waals surface area contributed by atoms with Crippen molar-refractivity contribution in [1.29, 1.82) is 0 Å². The number of unbranched alkanes of at least 4 members (excludes halogenated alkanes) is 11. The van der Waals surface area contributed by atoms with Crippen molar-refractivity contribution in [1.82, 2.24) is 0 Å². The van der Waals surface area contributed by atoms with E-state index < -0.39 is 0 Å². The summed E-state index contributed by atoms with van der Waals surface area (Å²) in [4.78, 5) is 0. The molecule has 0 radical (unpaired) electrons. The zero-order valence-electron chi connectivity index (χ0n) is 19.3. The molecule has 0 N–H and O–H groups in total. The van der Waals surface area contributed by atoms with E-state index >= 15 is 0 Å². The largest absolute Gasteiger partial charge is 0.377 e. The molecule has 0 aliphatic heterocycles. The highest BCUT2D eigenvalue weighted by Gasteiger charge is 1.95. The van der Waals surface area contributed by atoms with Crippen molar-refractivity contribution in [3.05, 3.63) is 35.8 Å². The smallest absolute Gasteiger partial charge is 0.0716 e. The van der Waals surface area contributed by atoms with Crippen molar-refractivity contribution < 1.29 is 11.6 Å². The van der Waals surface area contributed by atoms with Gasteiger partial charge in [-0.25, -0.2) is 0 Å². The highest BCUT2D eigenvalue weighted by Crippen LogP contribution is 2.12. The zero-order chi connectivity index (χ0) is 20.1. The second-order valence-corrected chi connectivity index (χ2v) is 6.05. The van der Waals surface area contributed by atoms with Crippen LogP contribution in [0.4, 0.5) is 0 Å². The number of hydrogen-bond donors (Lipinski definition) is 0. The Morgan fingerprint density at radius 3 is 1.77 bits per heavy atom. The first kappa shape index (κ1) is 12.6. The summed E-state index contributed by atoms with van der Waals surface area (Å²) in [5.74, 6) is 0. The standard InChI is InChI=1S/C21H36O/c1-2-3-4-5-6-7-8-9-10-11-12-16-19-22-20-21-17-14-13-15-18-21/h13-15,17-18H,2-12,16,19-20H2,1H3/i13D,14D,15D,17D,18D. The lowest BCUT2D eigenvalue weighted by Gasteiger charge is -2.05. The molecule has 1 aromatic rings. The van der Waals surface area contributed by atoms with E-state index in [1.54, 1.807) is 0 Å². The van der Waals surface area contributed by atoms with Crippen molar-refractivity contribution in [2.75, 3.05) is 6.61 Å². The number of hydrogen-bond acceptors (Lipinski definition) is 1. The lowest BCUT2D eigenvalue weighted by molar-refractivity contribution is 0.116. The Hall–Kier alpha value is -0.820. The van der Waals surface area contributed by atoms with Gasteiger partial charge in [-0.15, -0.1) is 0 Å². The SMILES string of the molecule is [2H]c1c([2H])c([2H])c(COCCCCCCCCCCCCCC)c([2H])c1[2H]. The predicted molar refractivity (Wildman–Crippen MR) is 97.2 cm³/mol. The zero-order valence-corrected chi connectivity index (χ0v) is 14.3. The molecule has 0 amide bonds. The molecule has 126 valence electrons. The molecule has 0 aliphatic carbocycles. The Labute approximate surface area is 145 Å². The summed E-state index contributed by atoms with van der Waals surface area (Å²) >= 11 is 0. The van der Waals surface area contributed by atoms with Crippen LogP contribution in [0.25, 0.3) is 0 Å². The van der Waals surface area contributed by atoms with Gasteiger partial charge in [0.1, 0.15) is 0 Å². The summed E-state index contributed by atoms with van der Waals surface area (Å²) in [5, 5.41) is 0. The van der Waals surface area contributed by atoms with E-state index in [0.29, 0.717) is 6.61 Å². The lowest BCUT2D eigenvalue weighted by Crippen LogP contribution is -1.95. The van der Waals surface area contributed by atoms with E-state index in [-0.39, 0.29) is 42.4 Å². The molecule has 0 saturated heterocycles. The van der Waals surface area contributed by atoms with E-state index in [9.17, 15) is 0 Å². The maximum Gasteiger partial charge on any atom is 0.0716 e. The topological polar surface area (TPSA) is 9.23 Å². The molecule has 0 saturated carbocycles. The maximum absolute atomic E-state index is 7.86. The Bertz CT molecular complexity index is 519. The number of rotatable bonds is 15. The van der Waals surface area contributed by atoms with E-state index in [0.717, 1.165) is 12.8 Å². The normalized spacial score (nSPS) is 14.1. The minimum Gasteiger partial charge on any atom is -0.377 e. The van der Waals surface area contributed by atoms with Crippen LogP contribution in [0.3, 0.4) is 0 Å². The van der Waals surface area contributed by atoms with Crippen LogP contribution in [0.1, 0.15) is 96.4 Å². The Morgan fingerprint density at radius 1 is 0.727 bits per heavy atom. The molecular formula is C21H36O. The van der Waals surface area contributed by atoms with Crippen LogP contribution in [0.2, 0.25) is 0 Å². The van der Waals surface area contributed by atoms with Gasteiger partial charge in [0, 0.05) is 6.61 Å². The summed E-state index contributed by atoms with van der Waals surface area (Å²) in [5.41, 5.74) is 0.250. The van der Waals surface area contributed by atoms with E-state index in [1.165, 1.54) is 64.2 Å². The molecule has 1 aromatic carbocycles. The Balaban J connectivity index is 2.06. The highest BCUT2D eigenvalue weighted by atomic mass is 16.5. The molecule has 0 atom stereocenters. The van der Waals surface area contributed by atoms with Gasteiger partial charge in [-0.1, -0.05) is 108 Å². The van der Waals surface area contributed by atoms with Crippen LogP contribution >= 0.6 is 0 Å². The summed E-state index contributed by atoms with van der Waals surface area (Å²) < 4.78 is 44.2. The Kier molecular flexibility index (Phi) is 8.63. The first-order valence-electron chi connectivity index (χ1n) is 11.6. The van der Waals surface area contributed by atoms with Crippen LogP contribution in [0, 0.1) is 0 Å². The molecular weight excluding hydrogens is 268 g/mol. The van der Waals surface area contributed by atoms with Gasteiger partial charge in [-0.3, -0.25) is 0 Å². The monoisotopic (exact) mass is 309 g/mol. The average Bonchev–Trinajstić information content (AvgIpc) is 2.67. The fourth-order valence-electron chi connectivity index (χ4n) is 2.57. The lowest BCUT2D eigenvalue weighted by atomic mass is 10.1. The quantitative estimate of drug-likeness (QED) is 0.320. The van der Waals surface area contributed by atoms with Gasteiger partial charge in [0.2, 0.25) is 0 Å². The summed E-state index contributed by atoms with van der Waals surface area (Å²) in [6, 6.07) is -1.25. The Morgan fingerprint density at radius 2 is 1.23 bits per heavy atom. The molecule has 0 aromatic heterocycles. The fourth-order valence-corrected chi connectivity index (χ4v) is 2.57. The molecule has 0 bridgehead atoms. The number of benzene rings is 1. The van der Waals surface area contributed by atoms with Crippen LogP contribution in [-0.4, -0.2) is 6.61 Å². The van der Waals surface area contributed by atoms with Gasteiger partial charge in [0.25, 0.3) is 0 Å². The van der Waals surface area contributed by atoms with Crippen LogP contribution in [-0.2, 0) is 11.3 Å². The van der Waals surface area contributed by atoms with Gasteiger partial charge in [0.15, 0.2) is 0 Å². The molecule has 0 spiro atoms. The molecule has 1 rings (SSSR count). The third-order valence-corrected chi connectivity index (χ3v) is 3.94. The molecule has 0 heterocycles. The maximum atomic E-state index is 7.86. The van der Waals surface area contributed by atoms with Crippen molar-refractivity contribution >= 4 is 0 Å². The van der Waals surface area contributed by atoms with Crippen LogP contribution in [0.5, 0.6) is 0 Å². The van der Waals surface area contributed by atoms with E-state index in [4.69, 9.17) is 11.6 Å². The van der Waals surface area contributed by atoms with Gasteiger partial charge in [-0.05, 0) is 12.0 Å². The van der Waals surface area contributed by atoms with Crippen molar-refractivity contribution in [2.24, 2.45) is 0 Å². The van der Waals surface area contributed by atoms with Crippen LogP contribution < -0.4 is 0 Å². The summed E-state index contributed by atoms with van der Waals surface area (Å²) in [6.07, 6.45) is 15.4.